The quantitative estimate of drug-likeness (QED) is 0.769. The van der Waals surface area contributed by atoms with E-state index in [1.807, 2.05) is 6.92 Å². The van der Waals surface area contributed by atoms with Crippen molar-refractivity contribution >= 4 is 39.6 Å². The predicted molar refractivity (Wildman–Crippen MR) is 71.8 cm³/mol. The van der Waals surface area contributed by atoms with E-state index >= 15 is 0 Å². The second-order valence-electron chi connectivity index (χ2n) is 4.06. The molecule has 0 saturated heterocycles. The van der Waals surface area contributed by atoms with Crippen LogP contribution in [0.4, 0.5) is 0 Å². The van der Waals surface area contributed by atoms with Gasteiger partial charge in [0.25, 0.3) is 0 Å². The molecule has 0 aliphatic carbocycles. The summed E-state index contributed by atoms with van der Waals surface area (Å²) < 4.78 is 10.1. The van der Waals surface area contributed by atoms with Gasteiger partial charge in [0.1, 0.15) is 16.6 Å². The third kappa shape index (κ3) is 1.62. The lowest BCUT2D eigenvalue weighted by molar-refractivity contribution is 0.0695. The highest BCUT2D eigenvalue weighted by Crippen LogP contribution is 2.22. The van der Waals surface area contributed by atoms with Crippen LogP contribution < -0.4 is 5.43 Å². The van der Waals surface area contributed by atoms with Gasteiger partial charge in [-0.15, -0.1) is 0 Å². The van der Waals surface area contributed by atoms with Crippen molar-refractivity contribution in [3.8, 4) is 0 Å². The monoisotopic (exact) mass is 275 g/mol. The van der Waals surface area contributed by atoms with E-state index < -0.39 is 11.4 Å². The Hall–Kier alpha value is -2.28. The van der Waals surface area contributed by atoms with E-state index in [1.165, 1.54) is 6.20 Å². The molecule has 7 heteroatoms. The lowest BCUT2D eigenvalue weighted by Crippen LogP contribution is -2.18. The first-order valence-electron chi connectivity index (χ1n) is 5.65. The van der Waals surface area contributed by atoms with Crippen molar-refractivity contribution in [1.82, 2.24) is 13.3 Å². The van der Waals surface area contributed by atoms with Gasteiger partial charge in [-0.05, 0) is 19.1 Å². The van der Waals surface area contributed by atoms with Crippen molar-refractivity contribution < 1.29 is 9.90 Å². The van der Waals surface area contributed by atoms with Crippen molar-refractivity contribution in [2.75, 3.05) is 0 Å². The van der Waals surface area contributed by atoms with Crippen molar-refractivity contribution in [2.45, 2.75) is 13.5 Å². The molecule has 0 spiro atoms. The first kappa shape index (κ1) is 11.8. The molecule has 0 bridgehead atoms. The lowest BCUT2D eigenvalue weighted by Gasteiger charge is -2.09. The van der Waals surface area contributed by atoms with Crippen LogP contribution in [-0.2, 0) is 6.54 Å². The molecule has 0 aliphatic heterocycles. The number of hydrogen-bond acceptors (Lipinski definition) is 5. The summed E-state index contributed by atoms with van der Waals surface area (Å²) in [7, 11) is 0. The normalized spacial score (nSPS) is 11.2. The minimum atomic E-state index is -1.22. The number of nitrogens with zero attached hydrogens (tertiary/aromatic N) is 3. The average molecular weight is 275 g/mol. The second kappa shape index (κ2) is 4.13. The largest absolute Gasteiger partial charge is 0.477 e. The lowest BCUT2D eigenvalue weighted by atomic mass is 10.1. The van der Waals surface area contributed by atoms with Gasteiger partial charge in [0.2, 0.25) is 5.43 Å². The Labute approximate surface area is 111 Å². The zero-order chi connectivity index (χ0) is 13.6. The van der Waals surface area contributed by atoms with Gasteiger partial charge >= 0.3 is 5.97 Å². The van der Waals surface area contributed by atoms with Crippen LogP contribution in [0.5, 0.6) is 0 Å². The molecule has 3 aromatic rings. The van der Waals surface area contributed by atoms with E-state index in [0.29, 0.717) is 28.5 Å². The number of rotatable bonds is 2. The van der Waals surface area contributed by atoms with E-state index in [0.717, 1.165) is 11.7 Å². The molecular formula is C12H9N3O3S. The number of benzene rings is 1. The van der Waals surface area contributed by atoms with Gasteiger partial charge in [-0.2, -0.15) is 8.75 Å². The zero-order valence-corrected chi connectivity index (χ0v) is 10.8. The maximum absolute atomic E-state index is 12.2. The number of fused-ring (bicyclic) bond motifs is 3. The van der Waals surface area contributed by atoms with Gasteiger partial charge in [0, 0.05) is 18.1 Å². The molecule has 1 N–H and O–H groups in total. The fourth-order valence-corrected chi connectivity index (χ4v) is 2.68. The van der Waals surface area contributed by atoms with E-state index in [1.54, 1.807) is 16.7 Å². The van der Waals surface area contributed by atoms with Gasteiger partial charge in [-0.1, -0.05) is 0 Å². The van der Waals surface area contributed by atoms with E-state index in [-0.39, 0.29) is 5.56 Å². The Bertz CT molecular complexity index is 866. The second-order valence-corrected chi connectivity index (χ2v) is 4.59. The highest BCUT2D eigenvalue weighted by Gasteiger charge is 2.16. The molecular weight excluding hydrogens is 266 g/mol. The predicted octanol–water partition coefficient (Wildman–Crippen LogP) is 1.72. The number of hydrogen-bond donors (Lipinski definition) is 1. The number of carbonyl (C=O) groups is 1. The molecule has 0 saturated carbocycles. The summed E-state index contributed by atoms with van der Waals surface area (Å²) in [5, 5.41) is 9.44. The molecule has 0 amide bonds. The number of carboxylic acid groups (broad SMARTS) is 1. The number of aryl methyl sites for hydroxylation is 1. The van der Waals surface area contributed by atoms with Gasteiger partial charge < -0.3 is 9.67 Å². The Kier molecular flexibility index (Phi) is 2.56. The molecule has 19 heavy (non-hydrogen) atoms. The summed E-state index contributed by atoms with van der Waals surface area (Å²) in [4.78, 5) is 23.3. The van der Waals surface area contributed by atoms with Gasteiger partial charge in [-0.3, -0.25) is 4.79 Å². The van der Waals surface area contributed by atoms with Gasteiger partial charge in [0.15, 0.2) is 0 Å². The number of aromatic nitrogens is 3. The van der Waals surface area contributed by atoms with Crippen LogP contribution >= 0.6 is 11.7 Å². The maximum atomic E-state index is 12.2. The minimum Gasteiger partial charge on any atom is -0.477 e. The smallest absolute Gasteiger partial charge is 0.341 e. The van der Waals surface area contributed by atoms with Crippen LogP contribution in [0.15, 0.2) is 23.1 Å². The molecule has 0 radical (unpaired) electrons. The van der Waals surface area contributed by atoms with E-state index in [4.69, 9.17) is 5.11 Å². The molecule has 3 rings (SSSR count). The molecule has 0 fully saturated rings. The van der Waals surface area contributed by atoms with Crippen molar-refractivity contribution in [3.63, 3.8) is 0 Å². The third-order valence-corrected chi connectivity index (χ3v) is 3.58. The summed E-state index contributed by atoms with van der Waals surface area (Å²) in [6, 6.07) is 3.30. The first-order chi connectivity index (χ1) is 9.13. The van der Waals surface area contributed by atoms with Crippen molar-refractivity contribution in [2.24, 2.45) is 0 Å². The van der Waals surface area contributed by atoms with E-state index in [9.17, 15) is 9.59 Å². The van der Waals surface area contributed by atoms with Gasteiger partial charge in [0.05, 0.1) is 17.2 Å². The third-order valence-electron chi connectivity index (χ3n) is 3.03. The molecule has 6 nitrogen and oxygen atoms in total. The van der Waals surface area contributed by atoms with Crippen LogP contribution in [0.1, 0.15) is 17.3 Å². The molecule has 2 heterocycles. The fourth-order valence-electron chi connectivity index (χ4n) is 2.14. The molecule has 96 valence electrons. The number of pyridine rings is 1. The summed E-state index contributed by atoms with van der Waals surface area (Å²) in [5.74, 6) is -1.22. The Morgan fingerprint density at radius 3 is 2.89 bits per heavy atom. The van der Waals surface area contributed by atoms with Gasteiger partial charge in [-0.25, -0.2) is 4.79 Å². The van der Waals surface area contributed by atoms with Crippen molar-refractivity contribution in [1.29, 1.82) is 0 Å². The number of aromatic carboxylic acids is 1. The van der Waals surface area contributed by atoms with Crippen LogP contribution in [0.3, 0.4) is 0 Å². The van der Waals surface area contributed by atoms with Crippen LogP contribution in [0.2, 0.25) is 0 Å². The summed E-state index contributed by atoms with van der Waals surface area (Å²) in [5.41, 5.74) is 1.28. The molecule has 2 aromatic heterocycles. The van der Waals surface area contributed by atoms with Crippen LogP contribution in [0.25, 0.3) is 21.9 Å². The molecule has 1 aromatic carbocycles. The zero-order valence-electron chi connectivity index (χ0n) is 9.95. The average Bonchev–Trinajstić information content (AvgIpc) is 2.87. The highest BCUT2D eigenvalue weighted by molar-refractivity contribution is 7.00. The Morgan fingerprint density at radius 1 is 1.42 bits per heavy atom. The summed E-state index contributed by atoms with van der Waals surface area (Å²) >= 11 is 1.07. The first-order valence-corrected chi connectivity index (χ1v) is 6.38. The Balaban J connectivity index is 2.59. The molecule has 0 aliphatic rings. The summed E-state index contributed by atoms with van der Waals surface area (Å²) in [6.07, 6.45) is 1.37. The maximum Gasteiger partial charge on any atom is 0.341 e. The minimum absolute atomic E-state index is 0.225. The highest BCUT2D eigenvalue weighted by atomic mass is 32.1. The number of carboxylic acids is 1. The standard InChI is InChI=1S/C12H9N3O3S/c1-2-15-5-7(12(17)18)11(16)6-3-4-8-9(10(6)15)14-19-13-8/h3-5H,2H2,1H3,(H,17,18). The van der Waals surface area contributed by atoms with Crippen LogP contribution in [0, 0.1) is 0 Å². The topological polar surface area (TPSA) is 85.1 Å². The SMILES string of the molecule is CCn1cc(C(=O)O)c(=O)c2ccc3nsnc3c21. The molecule has 0 unspecified atom stereocenters. The van der Waals surface area contributed by atoms with E-state index in [2.05, 4.69) is 8.75 Å². The molecule has 0 atom stereocenters. The fraction of sp³-hybridized carbons (Fsp3) is 0.167. The Morgan fingerprint density at radius 2 is 2.21 bits per heavy atom. The van der Waals surface area contributed by atoms with Crippen LogP contribution in [-0.4, -0.2) is 24.4 Å². The summed E-state index contributed by atoms with van der Waals surface area (Å²) in [6.45, 7) is 2.43. The van der Waals surface area contributed by atoms with Crippen molar-refractivity contribution in [3.05, 3.63) is 34.1 Å².